The molecule has 6 N–H and O–H groups in total. The van der Waals surface area contributed by atoms with Crippen LogP contribution >= 0.6 is 0 Å². The Kier molecular flexibility index (Phi) is 9.08. The van der Waals surface area contributed by atoms with Gasteiger partial charge in [-0.15, -0.1) is 0 Å². The second kappa shape index (κ2) is 9.09. The third kappa shape index (κ3) is 4.76. The van der Waals surface area contributed by atoms with E-state index in [4.69, 9.17) is 30.5 Å². The normalized spacial score (nSPS) is 18.6. The van der Waals surface area contributed by atoms with Gasteiger partial charge in [-0.3, -0.25) is 0 Å². The Morgan fingerprint density at radius 3 is 1.45 bits per heavy atom. The average Bonchev–Trinajstić information content (AvgIpc) is 2.36. The molecule has 0 saturated heterocycles. The van der Waals surface area contributed by atoms with E-state index in [1.165, 1.54) is 0 Å². The van der Waals surface area contributed by atoms with Crippen LogP contribution in [0.4, 0.5) is 0 Å². The summed E-state index contributed by atoms with van der Waals surface area (Å²) in [7, 11) is -2.82. The minimum Gasteiger partial charge on any atom is -0.374 e. The van der Waals surface area contributed by atoms with Gasteiger partial charge in [-0.2, -0.15) is 0 Å². The first-order chi connectivity index (χ1) is 9.34. The van der Waals surface area contributed by atoms with Crippen molar-refractivity contribution in [2.45, 2.75) is 52.7 Å². The van der Waals surface area contributed by atoms with Gasteiger partial charge in [-0.05, 0) is 34.6 Å². The van der Waals surface area contributed by atoms with Gasteiger partial charge in [0, 0.05) is 49.9 Å². The van der Waals surface area contributed by atoms with Crippen LogP contribution in [0.5, 0.6) is 0 Å². The number of hydrogen-bond acceptors (Lipinski definition) is 6. The van der Waals surface area contributed by atoms with Crippen molar-refractivity contribution < 1.29 is 13.3 Å². The molecule has 0 aromatic carbocycles. The van der Waals surface area contributed by atoms with E-state index in [9.17, 15) is 0 Å². The van der Waals surface area contributed by atoms with Crippen molar-refractivity contribution in [2.24, 2.45) is 22.6 Å². The summed E-state index contributed by atoms with van der Waals surface area (Å²) in [5.41, 5.74) is 17.9. The highest BCUT2D eigenvalue weighted by Gasteiger charge is 2.51. The first-order valence-electron chi connectivity index (χ1n) is 7.47. The molecule has 0 radical (unpaired) electrons. The molecule has 0 aliphatic rings. The van der Waals surface area contributed by atoms with E-state index in [-0.39, 0.29) is 12.1 Å². The third-order valence-electron chi connectivity index (χ3n) is 3.83. The summed E-state index contributed by atoms with van der Waals surface area (Å²) in [5.74, 6) is 0. The summed E-state index contributed by atoms with van der Waals surface area (Å²) < 4.78 is 17.7. The molecular formula is C13H33N3O3Si. The van der Waals surface area contributed by atoms with E-state index in [1.54, 1.807) is 0 Å². The van der Waals surface area contributed by atoms with Crippen molar-refractivity contribution >= 4 is 8.80 Å². The molecule has 6 nitrogen and oxygen atoms in total. The van der Waals surface area contributed by atoms with E-state index < -0.39 is 14.2 Å². The lowest BCUT2D eigenvalue weighted by molar-refractivity contribution is 0.0523. The monoisotopic (exact) mass is 307 g/mol. The molecule has 2 unspecified atom stereocenters. The van der Waals surface area contributed by atoms with Gasteiger partial charge in [0.05, 0.1) is 0 Å². The maximum absolute atomic E-state index is 6.17. The van der Waals surface area contributed by atoms with Crippen LogP contribution in [0.15, 0.2) is 0 Å². The maximum Gasteiger partial charge on any atom is 0.501 e. The minimum absolute atomic E-state index is 0.166. The van der Waals surface area contributed by atoms with E-state index in [0.29, 0.717) is 32.4 Å². The summed E-state index contributed by atoms with van der Waals surface area (Å²) in [6.45, 7) is 11.6. The summed E-state index contributed by atoms with van der Waals surface area (Å²) in [6, 6.07) is 0.211. The van der Waals surface area contributed by atoms with Crippen LogP contribution in [-0.2, 0) is 13.3 Å². The molecule has 0 aliphatic heterocycles. The molecule has 7 heteroatoms. The van der Waals surface area contributed by atoms with Crippen molar-refractivity contribution in [3.8, 4) is 0 Å². The smallest absolute Gasteiger partial charge is 0.374 e. The zero-order chi connectivity index (χ0) is 15.8. The summed E-state index contributed by atoms with van der Waals surface area (Å²) >= 11 is 0. The van der Waals surface area contributed by atoms with Gasteiger partial charge < -0.3 is 30.5 Å². The molecule has 0 aromatic heterocycles. The lowest BCUT2D eigenvalue weighted by atomic mass is 9.77. The number of nitrogens with two attached hydrogens (primary N) is 3. The minimum atomic E-state index is -2.82. The lowest BCUT2D eigenvalue weighted by Crippen LogP contribution is -2.61. The van der Waals surface area contributed by atoms with Crippen LogP contribution in [0, 0.1) is 5.41 Å². The Balaban J connectivity index is 5.44. The predicted molar refractivity (Wildman–Crippen MR) is 84.2 cm³/mol. The zero-order valence-electron chi connectivity index (χ0n) is 13.6. The fourth-order valence-corrected chi connectivity index (χ4v) is 5.99. The second-order valence-electron chi connectivity index (χ2n) is 5.17. The van der Waals surface area contributed by atoms with Gasteiger partial charge in [0.2, 0.25) is 0 Å². The topological polar surface area (TPSA) is 106 Å². The molecule has 0 aliphatic carbocycles. The highest BCUT2D eigenvalue weighted by molar-refractivity contribution is 6.61. The molecule has 0 saturated carbocycles. The fraction of sp³-hybridized carbons (Fsp3) is 1.00. The van der Waals surface area contributed by atoms with Crippen LogP contribution in [0.2, 0.25) is 6.04 Å². The summed E-state index contributed by atoms with van der Waals surface area (Å²) in [6.07, 6.45) is 0. The number of hydrogen-bond donors (Lipinski definition) is 3. The first kappa shape index (κ1) is 20.0. The van der Waals surface area contributed by atoms with Gasteiger partial charge >= 0.3 is 8.80 Å². The Morgan fingerprint density at radius 2 is 1.25 bits per heavy atom. The summed E-state index contributed by atoms with van der Waals surface area (Å²) in [5, 5.41) is 0. The Hall–Kier alpha value is -0.0231. The molecule has 0 aromatic rings. The maximum atomic E-state index is 6.17. The standard InChI is InChI=1S/C13H33N3O3Si/c1-6-17-20(18-7-2,19-8-3)10-13(9-14,11(4)15)12(5)16/h11-12H,6-10,14-16H2,1-5H3. The molecular weight excluding hydrogens is 274 g/mol. The predicted octanol–water partition coefficient (Wildman–Crippen LogP) is 0.674. The molecule has 0 fully saturated rings. The second-order valence-corrected chi connectivity index (χ2v) is 7.76. The van der Waals surface area contributed by atoms with Gasteiger partial charge in [0.25, 0.3) is 0 Å². The van der Waals surface area contributed by atoms with Crippen LogP contribution in [0.25, 0.3) is 0 Å². The van der Waals surface area contributed by atoms with Gasteiger partial charge in [-0.1, -0.05) is 0 Å². The molecule has 2 atom stereocenters. The van der Waals surface area contributed by atoms with Crippen LogP contribution in [0.1, 0.15) is 34.6 Å². The van der Waals surface area contributed by atoms with Crippen molar-refractivity contribution in [1.29, 1.82) is 0 Å². The highest BCUT2D eigenvalue weighted by Crippen LogP contribution is 2.35. The van der Waals surface area contributed by atoms with E-state index in [1.807, 2.05) is 34.6 Å². The van der Waals surface area contributed by atoms with Gasteiger partial charge in [0.1, 0.15) is 0 Å². The quantitative estimate of drug-likeness (QED) is 0.485. The van der Waals surface area contributed by atoms with Crippen LogP contribution in [0.3, 0.4) is 0 Å². The first-order valence-corrected chi connectivity index (χ1v) is 9.40. The number of rotatable bonds is 11. The summed E-state index contributed by atoms with van der Waals surface area (Å²) in [4.78, 5) is 0. The molecule has 20 heavy (non-hydrogen) atoms. The molecule has 0 rings (SSSR count). The van der Waals surface area contributed by atoms with Gasteiger partial charge in [-0.25, -0.2) is 0 Å². The zero-order valence-corrected chi connectivity index (χ0v) is 14.6. The lowest BCUT2D eigenvalue weighted by Gasteiger charge is -2.44. The van der Waals surface area contributed by atoms with Crippen molar-refractivity contribution in [1.82, 2.24) is 0 Å². The Morgan fingerprint density at radius 1 is 0.900 bits per heavy atom. The molecule has 0 spiro atoms. The molecule has 0 bridgehead atoms. The van der Waals surface area contributed by atoms with Crippen LogP contribution in [-0.4, -0.2) is 47.3 Å². The van der Waals surface area contributed by atoms with Crippen molar-refractivity contribution in [2.75, 3.05) is 26.4 Å². The van der Waals surface area contributed by atoms with Gasteiger partial charge in [0.15, 0.2) is 0 Å². The fourth-order valence-electron chi connectivity index (χ4n) is 2.52. The van der Waals surface area contributed by atoms with Crippen molar-refractivity contribution in [3.63, 3.8) is 0 Å². The molecule has 122 valence electrons. The SMILES string of the molecule is CCO[Si](CC(CN)(C(C)N)C(C)N)(OCC)OCC. The van der Waals surface area contributed by atoms with E-state index >= 15 is 0 Å². The highest BCUT2D eigenvalue weighted by atomic mass is 28.4. The molecule has 0 amide bonds. The Bertz CT molecular complexity index is 240. The average molecular weight is 308 g/mol. The van der Waals surface area contributed by atoms with Crippen molar-refractivity contribution in [3.05, 3.63) is 0 Å². The van der Waals surface area contributed by atoms with E-state index in [0.717, 1.165) is 0 Å². The Labute approximate surface area is 124 Å². The van der Waals surface area contributed by atoms with E-state index in [2.05, 4.69) is 0 Å². The molecule has 0 heterocycles. The van der Waals surface area contributed by atoms with Crippen LogP contribution < -0.4 is 17.2 Å². The largest absolute Gasteiger partial charge is 0.501 e. The third-order valence-corrected chi connectivity index (χ3v) is 7.11.